The molecule has 1 amide bonds. The summed E-state index contributed by atoms with van der Waals surface area (Å²) in [5, 5.41) is 7.36. The fraction of sp³-hybridized carbons (Fsp3) is 0.435. The molecule has 0 radical (unpaired) electrons. The number of nitrogens with one attached hydrogen (secondary N) is 2. The molecule has 1 fully saturated rings. The molecule has 0 saturated carbocycles. The second-order valence-electron chi connectivity index (χ2n) is 7.52. The van der Waals surface area contributed by atoms with Crippen molar-refractivity contribution >= 4 is 29.3 Å². The molecule has 1 saturated heterocycles. The van der Waals surface area contributed by atoms with Gasteiger partial charge in [0.15, 0.2) is 0 Å². The van der Waals surface area contributed by atoms with E-state index in [1.807, 2.05) is 24.3 Å². The van der Waals surface area contributed by atoms with E-state index in [9.17, 15) is 4.79 Å². The van der Waals surface area contributed by atoms with Gasteiger partial charge in [-0.15, -0.1) is 11.8 Å². The highest BCUT2D eigenvalue weighted by molar-refractivity contribution is 7.98. The van der Waals surface area contributed by atoms with Gasteiger partial charge in [0.05, 0.1) is 12.6 Å². The Balaban J connectivity index is 1.61. The van der Waals surface area contributed by atoms with Crippen LogP contribution in [0.15, 0.2) is 53.4 Å². The molecular formula is C23H30ClN3O2S. The number of halogens is 1. The normalized spacial score (nSPS) is 19.2. The molecule has 0 spiro atoms. The number of carbonyl (C=O) groups excluding carboxylic acids is 1. The van der Waals surface area contributed by atoms with Crippen molar-refractivity contribution in [1.29, 1.82) is 0 Å². The van der Waals surface area contributed by atoms with Gasteiger partial charge in [-0.1, -0.05) is 35.9 Å². The lowest BCUT2D eigenvalue weighted by Gasteiger charge is -2.23. The smallest absolute Gasteiger partial charge is 0.237 e. The zero-order valence-corrected chi connectivity index (χ0v) is 19.1. The van der Waals surface area contributed by atoms with Crippen molar-refractivity contribution in [1.82, 2.24) is 15.5 Å². The minimum absolute atomic E-state index is 0.0645. The number of methoxy groups -OCH3 is 1. The third-order valence-electron chi connectivity index (χ3n) is 5.36. The number of amides is 1. The van der Waals surface area contributed by atoms with Gasteiger partial charge in [-0.3, -0.25) is 9.69 Å². The van der Waals surface area contributed by atoms with Gasteiger partial charge in [0.2, 0.25) is 5.91 Å². The summed E-state index contributed by atoms with van der Waals surface area (Å²) in [4.78, 5) is 16.3. The predicted molar refractivity (Wildman–Crippen MR) is 124 cm³/mol. The lowest BCUT2D eigenvalue weighted by Crippen LogP contribution is -2.43. The first-order valence-electron chi connectivity index (χ1n) is 10.2. The minimum Gasteiger partial charge on any atom is -0.383 e. The maximum Gasteiger partial charge on any atom is 0.237 e. The molecule has 0 aromatic heterocycles. The van der Waals surface area contributed by atoms with Crippen LogP contribution >= 0.6 is 23.4 Å². The maximum absolute atomic E-state index is 12.8. The number of thioether (sulfide) groups is 1. The summed E-state index contributed by atoms with van der Waals surface area (Å²) in [7, 11) is 1.64. The van der Waals surface area contributed by atoms with E-state index < -0.39 is 0 Å². The van der Waals surface area contributed by atoms with Crippen molar-refractivity contribution in [2.24, 2.45) is 0 Å². The molecule has 1 aliphatic rings. The van der Waals surface area contributed by atoms with E-state index in [1.165, 1.54) is 10.5 Å². The topological polar surface area (TPSA) is 53.6 Å². The quantitative estimate of drug-likeness (QED) is 0.431. The molecule has 2 aromatic carbocycles. The molecule has 7 heteroatoms. The first kappa shape index (κ1) is 23.1. The average molecular weight is 448 g/mol. The van der Waals surface area contributed by atoms with E-state index in [4.69, 9.17) is 16.3 Å². The number of benzene rings is 2. The van der Waals surface area contributed by atoms with Gasteiger partial charge in [0.25, 0.3) is 0 Å². The zero-order valence-electron chi connectivity index (χ0n) is 17.6. The standard InChI is InChI=1S/C23H30ClN3O2S/c1-29-12-11-25-23(28)22-13-20(26-14-17-5-9-21(30-2)10-6-17)16-27(22)15-18-3-7-19(24)8-4-18/h3-10,20,22,26H,11-16H2,1-2H3,(H,25,28)/t20-,22+/m1/s1. The van der Waals surface area contributed by atoms with Crippen LogP contribution in [0.4, 0.5) is 0 Å². The molecule has 0 bridgehead atoms. The molecule has 2 N–H and O–H groups in total. The number of nitrogens with zero attached hydrogens (tertiary/aromatic N) is 1. The number of hydrogen-bond acceptors (Lipinski definition) is 5. The summed E-state index contributed by atoms with van der Waals surface area (Å²) in [6.45, 7) is 3.39. The highest BCUT2D eigenvalue weighted by atomic mass is 35.5. The fourth-order valence-corrected chi connectivity index (χ4v) is 4.26. The summed E-state index contributed by atoms with van der Waals surface area (Å²) < 4.78 is 5.06. The lowest BCUT2D eigenvalue weighted by molar-refractivity contribution is -0.125. The van der Waals surface area contributed by atoms with Gasteiger partial charge in [0, 0.05) is 49.2 Å². The molecule has 162 valence electrons. The van der Waals surface area contributed by atoms with Gasteiger partial charge in [-0.2, -0.15) is 0 Å². The third kappa shape index (κ3) is 6.72. The Kier molecular flexibility index (Phi) is 9.03. The molecule has 1 heterocycles. The highest BCUT2D eigenvalue weighted by Crippen LogP contribution is 2.22. The number of ether oxygens (including phenoxy) is 1. The summed E-state index contributed by atoms with van der Waals surface area (Å²) in [6.07, 6.45) is 2.87. The van der Waals surface area contributed by atoms with Crippen LogP contribution in [0.2, 0.25) is 5.02 Å². The zero-order chi connectivity index (χ0) is 21.3. The largest absolute Gasteiger partial charge is 0.383 e. The van der Waals surface area contributed by atoms with E-state index in [1.54, 1.807) is 18.9 Å². The van der Waals surface area contributed by atoms with Crippen LogP contribution in [-0.2, 0) is 22.6 Å². The molecule has 30 heavy (non-hydrogen) atoms. The van der Waals surface area contributed by atoms with Crippen molar-refractivity contribution in [3.8, 4) is 0 Å². The maximum atomic E-state index is 12.8. The first-order chi connectivity index (χ1) is 14.6. The fourth-order valence-electron chi connectivity index (χ4n) is 3.72. The van der Waals surface area contributed by atoms with Crippen molar-refractivity contribution in [2.75, 3.05) is 33.1 Å². The predicted octanol–water partition coefficient (Wildman–Crippen LogP) is 3.56. The Morgan fingerprint density at radius 2 is 1.87 bits per heavy atom. The van der Waals surface area contributed by atoms with Crippen molar-refractivity contribution < 1.29 is 9.53 Å². The van der Waals surface area contributed by atoms with Crippen LogP contribution < -0.4 is 10.6 Å². The molecule has 3 rings (SSSR count). The van der Waals surface area contributed by atoms with E-state index >= 15 is 0 Å². The molecular weight excluding hydrogens is 418 g/mol. The summed E-state index contributed by atoms with van der Waals surface area (Å²) >= 11 is 7.76. The van der Waals surface area contributed by atoms with E-state index in [0.29, 0.717) is 13.2 Å². The van der Waals surface area contributed by atoms with E-state index in [2.05, 4.69) is 46.1 Å². The van der Waals surface area contributed by atoms with Crippen molar-refractivity contribution in [3.63, 3.8) is 0 Å². The van der Waals surface area contributed by atoms with Crippen LogP contribution in [0.3, 0.4) is 0 Å². The first-order valence-corrected chi connectivity index (χ1v) is 11.8. The number of rotatable bonds is 10. The molecule has 5 nitrogen and oxygen atoms in total. The Labute approximate surface area is 188 Å². The van der Waals surface area contributed by atoms with Crippen LogP contribution in [0.25, 0.3) is 0 Å². The second kappa shape index (κ2) is 11.7. The average Bonchev–Trinajstić information content (AvgIpc) is 3.17. The van der Waals surface area contributed by atoms with Crippen molar-refractivity contribution in [2.45, 2.75) is 36.5 Å². The van der Waals surface area contributed by atoms with Crippen molar-refractivity contribution in [3.05, 3.63) is 64.7 Å². The van der Waals surface area contributed by atoms with E-state index in [0.717, 1.165) is 36.6 Å². The van der Waals surface area contributed by atoms with Gasteiger partial charge in [-0.25, -0.2) is 0 Å². The highest BCUT2D eigenvalue weighted by Gasteiger charge is 2.36. The second-order valence-corrected chi connectivity index (χ2v) is 8.83. The summed E-state index contributed by atoms with van der Waals surface area (Å²) in [5.41, 5.74) is 2.41. The lowest BCUT2D eigenvalue weighted by atomic mass is 10.1. The van der Waals surface area contributed by atoms with Gasteiger partial charge < -0.3 is 15.4 Å². The number of carbonyl (C=O) groups is 1. The molecule has 0 aliphatic carbocycles. The Bertz CT molecular complexity index is 801. The number of hydrogen-bond donors (Lipinski definition) is 2. The van der Waals surface area contributed by atoms with Crippen LogP contribution in [-0.4, -0.2) is 56.0 Å². The summed E-state index contributed by atoms with van der Waals surface area (Å²) in [5.74, 6) is 0.0645. The third-order valence-corrected chi connectivity index (χ3v) is 6.36. The van der Waals surface area contributed by atoms with Gasteiger partial charge >= 0.3 is 0 Å². The van der Waals surface area contributed by atoms with Gasteiger partial charge in [0.1, 0.15) is 0 Å². The van der Waals surface area contributed by atoms with Crippen LogP contribution in [0.5, 0.6) is 0 Å². The molecule has 0 unspecified atom stereocenters. The SMILES string of the molecule is COCCNC(=O)[C@@H]1C[C@@H](NCc2ccc(SC)cc2)CN1Cc1ccc(Cl)cc1. The monoisotopic (exact) mass is 447 g/mol. The Hall–Kier alpha value is -1.57. The minimum atomic E-state index is -0.158. The number of likely N-dealkylation sites (tertiary alicyclic amines) is 1. The van der Waals surface area contributed by atoms with Gasteiger partial charge in [-0.05, 0) is 48.1 Å². The molecule has 1 aliphatic heterocycles. The molecule has 2 aromatic rings. The Morgan fingerprint density at radius 1 is 1.17 bits per heavy atom. The summed E-state index contributed by atoms with van der Waals surface area (Å²) in [6, 6.07) is 16.6. The van der Waals surface area contributed by atoms with Crippen LogP contribution in [0, 0.1) is 0 Å². The van der Waals surface area contributed by atoms with Crippen LogP contribution in [0.1, 0.15) is 17.5 Å². The Morgan fingerprint density at radius 3 is 2.53 bits per heavy atom. The molecule has 2 atom stereocenters. The van der Waals surface area contributed by atoms with E-state index in [-0.39, 0.29) is 18.0 Å².